The predicted molar refractivity (Wildman–Crippen MR) is 98.1 cm³/mol. The van der Waals surface area contributed by atoms with Crippen LogP contribution in [0.5, 0.6) is 0 Å². The number of nitrogens with zero attached hydrogens (tertiary/aromatic N) is 1. The molecule has 1 aliphatic carbocycles. The molecule has 26 heavy (non-hydrogen) atoms. The third kappa shape index (κ3) is 2.43. The average Bonchev–Trinajstić information content (AvgIpc) is 3.24. The molecule has 0 bridgehead atoms. The topological polar surface area (TPSA) is 66.5 Å². The zero-order valence-corrected chi connectivity index (χ0v) is 14.6. The maximum atomic E-state index is 13.2. The molecule has 1 saturated carbocycles. The summed E-state index contributed by atoms with van der Waals surface area (Å²) in [5, 5.41) is 2.98. The van der Waals surface area contributed by atoms with Gasteiger partial charge in [-0.25, -0.2) is 0 Å². The van der Waals surface area contributed by atoms with E-state index >= 15 is 0 Å². The maximum absolute atomic E-state index is 13.2. The van der Waals surface area contributed by atoms with Crippen LogP contribution in [-0.4, -0.2) is 29.7 Å². The van der Waals surface area contributed by atoms with Crippen molar-refractivity contribution in [3.8, 4) is 0 Å². The molecule has 5 nitrogen and oxygen atoms in total. The van der Waals surface area contributed by atoms with Gasteiger partial charge in [0.2, 0.25) is 5.91 Å². The normalized spacial score (nSPS) is 18.1. The summed E-state index contributed by atoms with van der Waals surface area (Å²) in [5.41, 5.74) is 1.77. The van der Waals surface area contributed by atoms with Crippen LogP contribution < -0.4 is 5.32 Å². The van der Waals surface area contributed by atoms with Gasteiger partial charge in [0.15, 0.2) is 0 Å². The summed E-state index contributed by atoms with van der Waals surface area (Å²) in [7, 11) is 1.46. The molecule has 0 spiro atoms. The van der Waals surface area contributed by atoms with E-state index in [1.54, 1.807) is 18.2 Å². The van der Waals surface area contributed by atoms with Gasteiger partial charge in [-0.15, -0.1) is 0 Å². The highest BCUT2D eigenvalue weighted by molar-refractivity contribution is 6.21. The number of rotatable bonds is 3. The van der Waals surface area contributed by atoms with E-state index in [1.807, 2.05) is 30.3 Å². The smallest absolute Gasteiger partial charge is 0.261 e. The van der Waals surface area contributed by atoms with Crippen molar-refractivity contribution in [1.82, 2.24) is 4.90 Å². The molecular weight excluding hydrogens is 328 g/mol. The lowest BCUT2D eigenvalue weighted by Gasteiger charge is -2.28. The van der Waals surface area contributed by atoms with Crippen LogP contribution in [0, 0.1) is 0 Å². The second-order valence-electron chi connectivity index (χ2n) is 7.04. The van der Waals surface area contributed by atoms with Gasteiger partial charge in [-0.1, -0.05) is 43.2 Å². The van der Waals surface area contributed by atoms with Crippen LogP contribution in [0.2, 0.25) is 0 Å². The first-order chi connectivity index (χ1) is 12.5. The van der Waals surface area contributed by atoms with Crippen LogP contribution in [0.1, 0.15) is 52.0 Å². The van der Waals surface area contributed by atoms with Crippen LogP contribution >= 0.6 is 0 Å². The molecule has 0 atom stereocenters. The van der Waals surface area contributed by atoms with Gasteiger partial charge in [-0.3, -0.25) is 19.3 Å². The number of benzene rings is 2. The summed E-state index contributed by atoms with van der Waals surface area (Å²) >= 11 is 0. The van der Waals surface area contributed by atoms with Crippen molar-refractivity contribution in [1.29, 1.82) is 0 Å². The van der Waals surface area contributed by atoms with Crippen LogP contribution in [0.15, 0.2) is 48.5 Å². The molecule has 0 aromatic heterocycles. The van der Waals surface area contributed by atoms with Crippen LogP contribution in [-0.2, 0) is 10.2 Å². The van der Waals surface area contributed by atoms with Gasteiger partial charge in [0.1, 0.15) is 0 Å². The van der Waals surface area contributed by atoms with Gasteiger partial charge in [0.05, 0.1) is 16.5 Å². The van der Waals surface area contributed by atoms with Crippen molar-refractivity contribution in [3.63, 3.8) is 0 Å². The Morgan fingerprint density at radius 3 is 2.31 bits per heavy atom. The minimum atomic E-state index is -0.531. The lowest BCUT2D eigenvalue weighted by atomic mass is 9.78. The Kier molecular flexibility index (Phi) is 3.87. The molecule has 3 amide bonds. The Morgan fingerprint density at radius 2 is 1.62 bits per heavy atom. The molecule has 4 rings (SSSR count). The zero-order valence-electron chi connectivity index (χ0n) is 14.6. The fraction of sp³-hybridized carbons (Fsp3) is 0.286. The summed E-state index contributed by atoms with van der Waals surface area (Å²) in [6.45, 7) is 0. The molecule has 1 heterocycles. The fourth-order valence-corrected chi connectivity index (χ4v) is 4.07. The Bertz CT molecular complexity index is 899. The van der Waals surface area contributed by atoms with E-state index < -0.39 is 5.41 Å². The number of hydrogen-bond donors (Lipinski definition) is 1. The van der Waals surface area contributed by atoms with Crippen molar-refractivity contribution in [3.05, 3.63) is 65.2 Å². The molecule has 0 unspecified atom stereocenters. The molecule has 2 aromatic rings. The largest absolute Gasteiger partial charge is 0.325 e. The highest BCUT2D eigenvalue weighted by Gasteiger charge is 2.42. The summed E-state index contributed by atoms with van der Waals surface area (Å²) in [5.74, 6) is -0.689. The monoisotopic (exact) mass is 348 g/mol. The number of anilines is 1. The van der Waals surface area contributed by atoms with Gasteiger partial charge in [0, 0.05) is 12.7 Å². The first kappa shape index (κ1) is 16.5. The van der Waals surface area contributed by atoms with E-state index in [2.05, 4.69) is 5.32 Å². The van der Waals surface area contributed by atoms with Gasteiger partial charge in [-0.2, -0.15) is 0 Å². The van der Waals surface area contributed by atoms with Crippen molar-refractivity contribution in [2.45, 2.75) is 31.1 Å². The van der Waals surface area contributed by atoms with Gasteiger partial charge in [-0.05, 0) is 36.6 Å². The quantitative estimate of drug-likeness (QED) is 0.865. The van der Waals surface area contributed by atoms with Crippen LogP contribution in [0.4, 0.5) is 5.69 Å². The van der Waals surface area contributed by atoms with Crippen LogP contribution in [0.3, 0.4) is 0 Å². The first-order valence-corrected chi connectivity index (χ1v) is 8.86. The van der Waals surface area contributed by atoms with Gasteiger partial charge < -0.3 is 5.32 Å². The number of carbonyl (C=O) groups is 3. The molecule has 132 valence electrons. The molecule has 0 radical (unpaired) electrons. The van der Waals surface area contributed by atoms with Crippen molar-refractivity contribution < 1.29 is 14.4 Å². The van der Waals surface area contributed by atoms with Gasteiger partial charge >= 0.3 is 0 Å². The third-order valence-electron chi connectivity index (χ3n) is 5.57. The highest BCUT2D eigenvalue weighted by atomic mass is 16.2. The highest BCUT2D eigenvalue weighted by Crippen LogP contribution is 2.42. The molecule has 2 aromatic carbocycles. The summed E-state index contributed by atoms with van der Waals surface area (Å²) in [6.07, 6.45) is 3.66. The van der Waals surface area contributed by atoms with Crippen molar-refractivity contribution in [2.24, 2.45) is 0 Å². The second kappa shape index (κ2) is 6.09. The maximum Gasteiger partial charge on any atom is 0.261 e. The minimum absolute atomic E-state index is 0.0497. The number of nitrogens with one attached hydrogen (secondary N) is 1. The van der Waals surface area contributed by atoms with Crippen molar-refractivity contribution >= 4 is 23.4 Å². The van der Waals surface area contributed by atoms with E-state index in [0.717, 1.165) is 36.1 Å². The molecule has 5 heteroatoms. The Hall–Kier alpha value is -2.95. The Labute approximate surface area is 152 Å². The average molecular weight is 348 g/mol. The number of hydrogen-bond acceptors (Lipinski definition) is 3. The first-order valence-electron chi connectivity index (χ1n) is 8.86. The Morgan fingerprint density at radius 1 is 0.962 bits per heavy atom. The van der Waals surface area contributed by atoms with E-state index in [0.29, 0.717) is 16.8 Å². The third-order valence-corrected chi connectivity index (χ3v) is 5.57. The molecule has 2 aliphatic rings. The summed E-state index contributed by atoms with van der Waals surface area (Å²) < 4.78 is 0. The van der Waals surface area contributed by atoms with Crippen LogP contribution in [0.25, 0.3) is 0 Å². The van der Waals surface area contributed by atoms with Gasteiger partial charge in [0.25, 0.3) is 11.8 Å². The number of amides is 3. The van der Waals surface area contributed by atoms with E-state index in [4.69, 9.17) is 0 Å². The van der Waals surface area contributed by atoms with E-state index in [1.165, 1.54) is 7.05 Å². The van der Waals surface area contributed by atoms with E-state index in [9.17, 15) is 14.4 Å². The van der Waals surface area contributed by atoms with E-state index in [-0.39, 0.29) is 17.7 Å². The SMILES string of the molecule is CN1C(=O)c2ccc(NC(=O)C3(c4ccccc4)CCCC3)cc2C1=O. The summed E-state index contributed by atoms with van der Waals surface area (Å²) in [6, 6.07) is 14.8. The number of fused-ring (bicyclic) bond motifs is 1. The zero-order chi connectivity index (χ0) is 18.3. The molecule has 1 fully saturated rings. The predicted octanol–water partition coefficient (Wildman–Crippen LogP) is 3.36. The Balaban J connectivity index is 1.64. The van der Waals surface area contributed by atoms with Crippen molar-refractivity contribution in [2.75, 3.05) is 12.4 Å². The molecule has 1 N–H and O–H groups in total. The molecule has 1 aliphatic heterocycles. The standard InChI is InChI=1S/C21H20N2O3/c1-23-18(24)16-10-9-15(13-17(16)19(23)25)22-20(26)21(11-5-6-12-21)14-7-3-2-4-8-14/h2-4,7-10,13H,5-6,11-12H2,1H3,(H,22,26). The molecule has 0 saturated heterocycles. The summed E-state index contributed by atoms with van der Waals surface area (Å²) in [4.78, 5) is 38.5. The second-order valence-corrected chi connectivity index (χ2v) is 7.04. The molecular formula is C21H20N2O3. The lowest BCUT2D eigenvalue weighted by Crippen LogP contribution is -2.38. The minimum Gasteiger partial charge on any atom is -0.325 e. The number of carbonyl (C=O) groups excluding carboxylic acids is 3. The number of imide groups is 1. The lowest BCUT2D eigenvalue weighted by molar-refractivity contribution is -0.121. The fourth-order valence-electron chi connectivity index (χ4n) is 4.07.